The summed E-state index contributed by atoms with van der Waals surface area (Å²) in [5.41, 5.74) is 0.655. The molecule has 1 fully saturated rings. The highest BCUT2D eigenvalue weighted by atomic mass is 16.5. The maximum atomic E-state index is 12.6. The molecule has 2 amide bonds. The standard InChI is InChI=1S/C22H26N2O5/c1-27-19-9-8-17(14-20(19)28-2)23-22(26)16-10-12-24(13-11-16)21(25)15-29-18-6-4-3-5-7-18/h3-9,14,16H,10-13,15H2,1-2H3,(H,23,26). The molecule has 2 aromatic rings. The van der Waals surface area contributed by atoms with Crippen molar-refractivity contribution in [1.29, 1.82) is 0 Å². The number of anilines is 1. The Morgan fingerprint density at radius 2 is 1.69 bits per heavy atom. The Morgan fingerprint density at radius 3 is 2.34 bits per heavy atom. The number of nitrogens with one attached hydrogen (secondary N) is 1. The van der Waals surface area contributed by atoms with Crippen molar-refractivity contribution in [3.05, 3.63) is 48.5 Å². The van der Waals surface area contributed by atoms with Crippen molar-refractivity contribution in [1.82, 2.24) is 4.90 Å². The monoisotopic (exact) mass is 398 g/mol. The molecule has 7 nitrogen and oxygen atoms in total. The number of amides is 2. The molecule has 1 aliphatic heterocycles. The quantitative estimate of drug-likeness (QED) is 0.776. The van der Waals surface area contributed by atoms with Gasteiger partial charge in [0.25, 0.3) is 5.91 Å². The average molecular weight is 398 g/mol. The summed E-state index contributed by atoms with van der Waals surface area (Å²) in [5.74, 6) is 1.59. The summed E-state index contributed by atoms with van der Waals surface area (Å²) in [6.45, 7) is 1.09. The number of rotatable bonds is 7. The first kappa shape index (κ1) is 20.5. The molecule has 0 unspecified atom stereocenters. The number of piperidine rings is 1. The second-order valence-corrected chi connectivity index (χ2v) is 6.82. The van der Waals surface area contributed by atoms with Gasteiger partial charge in [0.1, 0.15) is 5.75 Å². The Hall–Kier alpha value is -3.22. The van der Waals surface area contributed by atoms with Crippen LogP contribution in [0.15, 0.2) is 48.5 Å². The molecule has 7 heteroatoms. The molecule has 2 aromatic carbocycles. The highest BCUT2D eigenvalue weighted by Gasteiger charge is 2.27. The normalized spacial score (nSPS) is 14.2. The van der Waals surface area contributed by atoms with E-state index in [0.717, 1.165) is 0 Å². The third-order valence-corrected chi connectivity index (χ3v) is 4.98. The lowest BCUT2D eigenvalue weighted by Gasteiger charge is -2.31. The van der Waals surface area contributed by atoms with Gasteiger partial charge in [-0.05, 0) is 37.1 Å². The summed E-state index contributed by atoms with van der Waals surface area (Å²) >= 11 is 0. The Bertz CT molecular complexity index is 832. The molecule has 0 aromatic heterocycles. The molecule has 1 aliphatic rings. The molecule has 29 heavy (non-hydrogen) atoms. The lowest BCUT2D eigenvalue weighted by molar-refractivity contribution is -0.136. The van der Waals surface area contributed by atoms with Gasteiger partial charge in [0.15, 0.2) is 18.1 Å². The number of carbonyl (C=O) groups excluding carboxylic acids is 2. The molecule has 1 heterocycles. The maximum Gasteiger partial charge on any atom is 0.260 e. The Balaban J connectivity index is 1.47. The van der Waals surface area contributed by atoms with E-state index >= 15 is 0 Å². The summed E-state index contributed by atoms with van der Waals surface area (Å²) in [5, 5.41) is 2.93. The van der Waals surface area contributed by atoms with Gasteiger partial charge in [-0.2, -0.15) is 0 Å². The van der Waals surface area contributed by atoms with Crippen LogP contribution < -0.4 is 19.5 Å². The zero-order valence-corrected chi connectivity index (χ0v) is 16.7. The molecule has 1 N–H and O–H groups in total. The number of carbonyl (C=O) groups is 2. The number of nitrogens with zero attached hydrogens (tertiary/aromatic N) is 1. The van der Waals surface area contributed by atoms with Crippen molar-refractivity contribution in [2.75, 3.05) is 39.2 Å². The van der Waals surface area contributed by atoms with Crippen LogP contribution in [-0.2, 0) is 9.59 Å². The zero-order chi connectivity index (χ0) is 20.6. The molecular formula is C22H26N2O5. The van der Waals surface area contributed by atoms with E-state index in [1.54, 1.807) is 37.3 Å². The van der Waals surface area contributed by atoms with Gasteiger partial charge in [-0.25, -0.2) is 0 Å². The van der Waals surface area contributed by atoms with E-state index in [1.165, 1.54) is 0 Å². The number of hydrogen-bond donors (Lipinski definition) is 1. The number of ether oxygens (including phenoxy) is 3. The minimum absolute atomic E-state index is 0.00647. The third kappa shape index (κ3) is 5.40. The molecule has 3 rings (SSSR count). The molecular weight excluding hydrogens is 372 g/mol. The summed E-state index contributed by atoms with van der Waals surface area (Å²) in [6.07, 6.45) is 1.24. The summed E-state index contributed by atoms with van der Waals surface area (Å²) in [6, 6.07) is 14.5. The van der Waals surface area contributed by atoms with Crippen molar-refractivity contribution in [3.8, 4) is 17.2 Å². The summed E-state index contributed by atoms with van der Waals surface area (Å²) in [7, 11) is 3.12. The molecule has 1 saturated heterocycles. The zero-order valence-electron chi connectivity index (χ0n) is 16.7. The van der Waals surface area contributed by atoms with Gasteiger partial charge in [0.05, 0.1) is 14.2 Å². The first-order valence-electron chi connectivity index (χ1n) is 9.59. The molecule has 0 radical (unpaired) electrons. The highest BCUT2D eigenvalue weighted by Crippen LogP contribution is 2.30. The number of benzene rings is 2. The number of hydrogen-bond acceptors (Lipinski definition) is 5. The van der Waals surface area contributed by atoms with Crippen molar-refractivity contribution in [2.24, 2.45) is 5.92 Å². The van der Waals surface area contributed by atoms with Gasteiger partial charge in [-0.3, -0.25) is 9.59 Å². The van der Waals surface area contributed by atoms with Crippen molar-refractivity contribution < 1.29 is 23.8 Å². The van der Waals surface area contributed by atoms with E-state index in [4.69, 9.17) is 14.2 Å². The molecule has 154 valence electrons. The molecule has 0 aliphatic carbocycles. The molecule has 0 spiro atoms. The van der Waals surface area contributed by atoms with Crippen molar-refractivity contribution >= 4 is 17.5 Å². The molecule has 0 bridgehead atoms. The van der Waals surface area contributed by atoms with Gasteiger partial charge in [0, 0.05) is 30.8 Å². The van der Waals surface area contributed by atoms with Crippen LogP contribution in [0.2, 0.25) is 0 Å². The van der Waals surface area contributed by atoms with Gasteiger partial charge in [-0.15, -0.1) is 0 Å². The molecule has 0 saturated carbocycles. The van der Waals surface area contributed by atoms with Crippen LogP contribution >= 0.6 is 0 Å². The Kier molecular flexibility index (Phi) is 6.94. The van der Waals surface area contributed by atoms with E-state index in [0.29, 0.717) is 48.9 Å². The second kappa shape index (κ2) is 9.82. The van der Waals surface area contributed by atoms with E-state index in [1.807, 2.05) is 30.3 Å². The van der Waals surface area contributed by atoms with Crippen molar-refractivity contribution in [3.63, 3.8) is 0 Å². The van der Waals surface area contributed by atoms with Gasteiger partial charge >= 0.3 is 0 Å². The SMILES string of the molecule is COc1ccc(NC(=O)C2CCN(C(=O)COc3ccccc3)CC2)cc1OC. The van der Waals surface area contributed by atoms with E-state index in [-0.39, 0.29) is 24.3 Å². The second-order valence-electron chi connectivity index (χ2n) is 6.82. The van der Waals surface area contributed by atoms with Crippen LogP contribution in [0.4, 0.5) is 5.69 Å². The minimum atomic E-state index is -0.137. The van der Waals surface area contributed by atoms with Crippen LogP contribution in [-0.4, -0.2) is 50.6 Å². The van der Waals surface area contributed by atoms with Gasteiger partial charge in [0.2, 0.25) is 5.91 Å². The topological polar surface area (TPSA) is 77.1 Å². The maximum absolute atomic E-state index is 12.6. The highest BCUT2D eigenvalue weighted by molar-refractivity contribution is 5.93. The van der Waals surface area contributed by atoms with Crippen LogP contribution in [0.5, 0.6) is 17.2 Å². The molecule has 0 atom stereocenters. The average Bonchev–Trinajstić information content (AvgIpc) is 2.78. The summed E-state index contributed by atoms with van der Waals surface area (Å²) in [4.78, 5) is 26.7. The predicted octanol–water partition coefficient (Wildman–Crippen LogP) is 2.96. The largest absolute Gasteiger partial charge is 0.493 e. The lowest BCUT2D eigenvalue weighted by atomic mass is 9.95. The van der Waals surface area contributed by atoms with Gasteiger partial charge < -0.3 is 24.4 Å². The van der Waals surface area contributed by atoms with Crippen LogP contribution in [0.1, 0.15) is 12.8 Å². The fraction of sp³-hybridized carbons (Fsp3) is 0.364. The first-order valence-corrected chi connectivity index (χ1v) is 9.59. The fourth-order valence-electron chi connectivity index (χ4n) is 3.30. The lowest BCUT2D eigenvalue weighted by Crippen LogP contribution is -2.43. The van der Waals surface area contributed by atoms with E-state index in [2.05, 4.69) is 5.32 Å². The third-order valence-electron chi connectivity index (χ3n) is 4.98. The summed E-state index contributed by atoms with van der Waals surface area (Å²) < 4.78 is 16.0. The van der Waals surface area contributed by atoms with Gasteiger partial charge in [-0.1, -0.05) is 18.2 Å². The number of para-hydroxylation sites is 1. The minimum Gasteiger partial charge on any atom is -0.493 e. The Labute approximate surface area is 170 Å². The fourth-order valence-corrected chi connectivity index (χ4v) is 3.30. The van der Waals surface area contributed by atoms with Crippen molar-refractivity contribution in [2.45, 2.75) is 12.8 Å². The van der Waals surface area contributed by atoms with Crippen LogP contribution in [0, 0.1) is 5.92 Å². The van der Waals surface area contributed by atoms with Crippen LogP contribution in [0.25, 0.3) is 0 Å². The van der Waals surface area contributed by atoms with E-state index in [9.17, 15) is 9.59 Å². The number of methoxy groups -OCH3 is 2. The first-order chi connectivity index (χ1) is 14.1. The van der Waals surface area contributed by atoms with E-state index < -0.39 is 0 Å². The predicted molar refractivity (Wildman–Crippen MR) is 109 cm³/mol. The smallest absolute Gasteiger partial charge is 0.260 e. The Morgan fingerprint density at radius 1 is 1.00 bits per heavy atom. The number of likely N-dealkylation sites (tertiary alicyclic amines) is 1. The van der Waals surface area contributed by atoms with Crippen LogP contribution in [0.3, 0.4) is 0 Å².